The van der Waals surface area contributed by atoms with E-state index in [1.807, 2.05) is 0 Å². The van der Waals surface area contributed by atoms with E-state index in [2.05, 4.69) is 4.74 Å². The molecule has 1 aromatic rings. The topological polar surface area (TPSA) is 60.4 Å². The Bertz CT molecular complexity index is 502. The molecule has 0 saturated heterocycles. The lowest BCUT2D eigenvalue weighted by Crippen LogP contribution is -2.13. The van der Waals surface area contributed by atoms with Crippen molar-refractivity contribution < 1.29 is 17.9 Å². The number of sulfone groups is 1. The van der Waals surface area contributed by atoms with Gasteiger partial charge in [0.05, 0.1) is 22.3 Å². The van der Waals surface area contributed by atoms with Crippen molar-refractivity contribution >= 4 is 38.7 Å². The molecule has 0 aromatic carbocycles. The van der Waals surface area contributed by atoms with Crippen LogP contribution in [-0.2, 0) is 14.6 Å². The Morgan fingerprint density at radius 2 is 2.06 bits per heavy atom. The molecule has 0 radical (unpaired) electrons. The second kappa shape index (κ2) is 4.73. The van der Waals surface area contributed by atoms with Crippen molar-refractivity contribution in [2.75, 3.05) is 7.11 Å². The summed E-state index contributed by atoms with van der Waals surface area (Å²) < 4.78 is 28.2. The third-order valence-corrected chi connectivity index (χ3v) is 5.90. The molecule has 0 aliphatic rings. The third kappa shape index (κ3) is 2.23. The van der Waals surface area contributed by atoms with Crippen LogP contribution in [0.3, 0.4) is 0 Å². The van der Waals surface area contributed by atoms with Gasteiger partial charge in [0.2, 0.25) is 0 Å². The molecule has 0 amide bonds. The van der Waals surface area contributed by atoms with Crippen molar-refractivity contribution in [2.24, 2.45) is 0 Å². The number of halogens is 1. The second-order valence-electron chi connectivity index (χ2n) is 3.33. The molecule has 0 spiro atoms. The van der Waals surface area contributed by atoms with E-state index in [4.69, 9.17) is 11.6 Å². The van der Waals surface area contributed by atoms with Crippen molar-refractivity contribution in [1.29, 1.82) is 0 Å². The number of carbonyl (C=O) groups excluding carboxylic acids is 1. The molecule has 1 rings (SSSR count). The van der Waals surface area contributed by atoms with Crippen LogP contribution < -0.4 is 0 Å². The highest BCUT2D eigenvalue weighted by Crippen LogP contribution is 2.33. The van der Waals surface area contributed by atoms with Crippen molar-refractivity contribution in [3.63, 3.8) is 0 Å². The van der Waals surface area contributed by atoms with Gasteiger partial charge in [0.15, 0.2) is 9.84 Å². The van der Waals surface area contributed by atoms with E-state index < -0.39 is 21.1 Å². The van der Waals surface area contributed by atoms with E-state index in [0.717, 1.165) is 11.3 Å². The molecule has 1 heterocycles. The van der Waals surface area contributed by atoms with E-state index in [1.165, 1.54) is 12.5 Å². The summed E-state index contributed by atoms with van der Waals surface area (Å²) in [6, 6.07) is 0. The molecule has 0 N–H and O–H groups in total. The summed E-state index contributed by atoms with van der Waals surface area (Å²) in [7, 11) is -2.24. The van der Waals surface area contributed by atoms with Crippen LogP contribution in [0.2, 0.25) is 5.02 Å². The zero-order valence-electron chi connectivity index (χ0n) is 8.98. The number of thiophene rings is 1. The number of hydrogen-bond donors (Lipinski definition) is 0. The molecule has 0 saturated carbocycles. The van der Waals surface area contributed by atoms with Gasteiger partial charge in [-0.15, -0.1) is 11.3 Å². The van der Waals surface area contributed by atoms with Crippen LogP contribution in [0.15, 0.2) is 10.3 Å². The lowest BCUT2D eigenvalue weighted by Gasteiger charge is -2.05. The molecule has 7 heteroatoms. The summed E-state index contributed by atoms with van der Waals surface area (Å²) in [4.78, 5) is 11.4. The lowest BCUT2D eigenvalue weighted by molar-refractivity contribution is 0.0606. The maximum Gasteiger partial charge on any atom is 0.349 e. The SMILES string of the molecule is COC(=O)c1scc(S(=O)(=O)C(C)C)c1Cl. The van der Waals surface area contributed by atoms with E-state index in [9.17, 15) is 13.2 Å². The largest absolute Gasteiger partial charge is 0.465 e. The first-order chi connectivity index (χ1) is 7.32. The quantitative estimate of drug-likeness (QED) is 0.799. The smallest absolute Gasteiger partial charge is 0.349 e. The number of methoxy groups -OCH3 is 1. The summed E-state index contributed by atoms with van der Waals surface area (Å²) in [6.07, 6.45) is 0. The fourth-order valence-electron chi connectivity index (χ4n) is 1.00. The molecule has 90 valence electrons. The minimum absolute atomic E-state index is 0.00503. The van der Waals surface area contributed by atoms with Crippen molar-refractivity contribution in [3.8, 4) is 0 Å². The van der Waals surface area contributed by atoms with E-state index in [1.54, 1.807) is 13.8 Å². The Morgan fingerprint density at radius 1 is 1.50 bits per heavy atom. The van der Waals surface area contributed by atoms with Gasteiger partial charge in [0.25, 0.3) is 0 Å². The van der Waals surface area contributed by atoms with E-state index >= 15 is 0 Å². The number of rotatable bonds is 3. The third-order valence-electron chi connectivity index (χ3n) is 2.00. The van der Waals surface area contributed by atoms with Gasteiger partial charge in [0, 0.05) is 5.38 Å². The van der Waals surface area contributed by atoms with Gasteiger partial charge in [-0.05, 0) is 13.8 Å². The van der Waals surface area contributed by atoms with Crippen molar-refractivity contribution in [2.45, 2.75) is 24.0 Å². The van der Waals surface area contributed by atoms with Gasteiger partial charge in [0.1, 0.15) is 4.88 Å². The summed E-state index contributed by atoms with van der Waals surface area (Å²) >= 11 is 6.82. The minimum Gasteiger partial charge on any atom is -0.465 e. The second-order valence-corrected chi connectivity index (χ2v) is 7.06. The number of hydrogen-bond acceptors (Lipinski definition) is 5. The zero-order chi connectivity index (χ0) is 12.5. The van der Waals surface area contributed by atoms with E-state index in [0.29, 0.717) is 0 Å². The Labute approximate surface area is 103 Å². The standard InChI is InChI=1S/C9H11ClO4S2/c1-5(2)16(12,13)6-4-15-8(7(6)10)9(11)14-3/h4-5H,1-3H3. The molecule has 0 atom stereocenters. The first-order valence-corrected chi connectivity index (χ1v) is 7.22. The summed E-state index contributed by atoms with van der Waals surface area (Å²) in [5, 5.41) is 0.736. The van der Waals surface area contributed by atoms with Gasteiger partial charge < -0.3 is 4.74 Å². The first-order valence-electron chi connectivity index (χ1n) is 4.41. The maximum absolute atomic E-state index is 11.8. The molecule has 16 heavy (non-hydrogen) atoms. The van der Waals surface area contributed by atoms with Crippen LogP contribution in [0.4, 0.5) is 0 Å². The van der Waals surface area contributed by atoms with Crippen molar-refractivity contribution in [1.82, 2.24) is 0 Å². The fourth-order valence-corrected chi connectivity index (χ4v) is 4.00. The highest BCUT2D eigenvalue weighted by Gasteiger charge is 2.27. The Hall–Kier alpha value is -0.590. The first kappa shape index (κ1) is 13.5. The van der Waals surface area contributed by atoms with Crippen LogP contribution in [0.25, 0.3) is 0 Å². The molecule has 4 nitrogen and oxygen atoms in total. The summed E-state index contributed by atoms with van der Waals surface area (Å²) in [5.74, 6) is -0.625. The van der Waals surface area contributed by atoms with Gasteiger partial charge in [-0.1, -0.05) is 11.6 Å². The Kier molecular flexibility index (Phi) is 3.98. The van der Waals surface area contributed by atoms with Crippen LogP contribution in [0.5, 0.6) is 0 Å². The van der Waals surface area contributed by atoms with Gasteiger partial charge in [-0.25, -0.2) is 13.2 Å². The predicted octanol–water partition coefficient (Wildman–Crippen LogP) is 2.37. The average molecular weight is 283 g/mol. The zero-order valence-corrected chi connectivity index (χ0v) is 11.4. The minimum atomic E-state index is -3.46. The Balaban J connectivity index is 3.31. The molecule has 0 aliphatic heterocycles. The monoisotopic (exact) mass is 282 g/mol. The molecule has 0 unspecified atom stereocenters. The summed E-state index contributed by atoms with van der Waals surface area (Å²) in [5.41, 5.74) is 0. The van der Waals surface area contributed by atoms with Crippen LogP contribution in [-0.4, -0.2) is 26.7 Å². The lowest BCUT2D eigenvalue weighted by atomic mass is 10.5. The van der Waals surface area contributed by atoms with Gasteiger partial charge in [-0.2, -0.15) is 0 Å². The normalized spacial score (nSPS) is 11.8. The fraction of sp³-hybridized carbons (Fsp3) is 0.444. The predicted molar refractivity (Wildman–Crippen MR) is 63.0 cm³/mol. The number of esters is 1. The molecule has 0 fully saturated rings. The molecular formula is C9H11ClO4S2. The molecule has 1 aromatic heterocycles. The highest BCUT2D eigenvalue weighted by atomic mass is 35.5. The highest BCUT2D eigenvalue weighted by molar-refractivity contribution is 7.92. The molecule has 0 aliphatic carbocycles. The van der Waals surface area contributed by atoms with Crippen molar-refractivity contribution in [3.05, 3.63) is 15.3 Å². The number of ether oxygens (including phenoxy) is 1. The summed E-state index contributed by atoms with van der Waals surface area (Å²) in [6.45, 7) is 3.11. The van der Waals surface area contributed by atoms with E-state index in [-0.39, 0.29) is 14.8 Å². The number of carbonyl (C=O) groups is 1. The molecular weight excluding hydrogens is 272 g/mol. The Morgan fingerprint density at radius 3 is 2.50 bits per heavy atom. The van der Waals surface area contributed by atoms with Crippen LogP contribution in [0, 0.1) is 0 Å². The molecule has 0 bridgehead atoms. The maximum atomic E-state index is 11.8. The average Bonchev–Trinajstić information content (AvgIpc) is 2.59. The van der Waals surface area contributed by atoms with Crippen LogP contribution >= 0.6 is 22.9 Å². The van der Waals surface area contributed by atoms with Gasteiger partial charge in [-0.3, -0.25) is 0 Å². The van der Waals surface area contributed by atoms with Gasteiger partial charge >= 0.3 is 5.97 Å². The van der Waals surface area contributed by atoms with Crippen LogP contribution in [0.1, 0.15) is 23.5 Å².